The molecule has 12 heavy (non-hydrogen) atoms. The van der Waals surface area contributed by atoms with Crippen molar-refractivity contribution >= 4 is 39.4 Å². The number of hydrogen-bond donors (Lipinski definition) is 0. The lowest BCUT2D eigenvalue weighted by Gasteiger charge is -2.00. The maximum atomic E-state index is 10.4. The van der Waals surface area contributed by atoms with E-state index in [1.165, 1.54) is 0 Å². The minimum absolute atomic E-state index is 0.0864. The highest BCUT2D eigenvalue weighted by Gasteiger charge is 2.15. The quantitative estimate of drug-likeness (QED) is 0.259. The van der Waals surface area contributed by atoms with Crippen molar-refractivity contribution in [3.8, 4) is 0 Å². The van der Waals surface area contributed by atoms with Gasteiger partial charge in [0.05, 0.1) is 0 Å². The molecule has 0 amide bonds. The lowest BCUT2D eigenvalue weighted by molar-refractivity contribution is 0.0624. The smallest absolute Gasteiger partial charge is 0.498 e. The Kier molecular flexibility index (Phi) is 4.71. The average Bonchev–Trinajstić information content (AvgIpc) is 2.03. The van der Waals surface area contributed by atoms with Crippen LogP contribution in [0.3, 0.4) is 0 Å². The molecule has 0 rings (SSSR count). The summed E-state index contributed by atoms with van der Waals surface area (Å²) in [6.45, 7) is 0. The maximum absolute atomic E-state index is 10.4. The van der Waals surface area contributed by atoms with Crippen LogP contribution in [0.5, 0.6) is 0 Å². The van der Waals surface area contributed by atoms with Gasteiger partial charge in [-0.25, -0.2) is 14.4 Å². The molecule has 0 aliphatic rings. The summed E-state index contributed by atoms with van der Waals surface area (Å²) in [5.41, 5.74) is 0. The van der Waals surface area contributed by atoms with Crippen molar-refractivity contribution < 1.29 is 32.7 Å². The first-order valence-electron chi connectivity index (χ1n) is 2.65. The zero-order valence-corrected chi connectivity index (χ0v) is 10.4. The second-order valence-electron chi connectivity index (χ2n) is 1.36. The highest BCUT2D eigenvalue weighted by atomic mass is 28.2. The highest BCUT2D eigenvalue weighted by Crippen LogP contribution is 1.90. The van der Waals surface area contributed by atoms with Crippen molar-refractivity contribution in [1.82, 2.24) is 0 Å². The van der Waals surface area contributed by atoms with E-state index in [1.807, 2.05) is 0 Å². The predicted molar refractivity (Wildman–Crippen MR) is 40.4 cm³/mol. The van der Waals surface area contributed by atoms with Gasteiger partial charge in [0.2, 0.25) is 21.0 Å². The van der Waals surface area contributed by atoms with E-state index in [2.05, 4.69) is 18.3 Å². The molecule has 0 radical (unpaired) electrons. The molecule has 0 aromatic carbocycles. The van der Waals surface area contributed by atoms with E-state index in [-0.39, 0.29) is 21.0 Å². The Morgan fingerprint density at radius 2 is 1.08 bits per heavy atom. The van der Waals surface area contributed by atoms with E-state index in [9.17, 15) is 14.4 Å². The molecule has 0 aromatic rings. The summed E-state index contributed by atoms with van der Waals surface area (Å²) in [5.74, 6) is 0. The number of ether oxygens (including phenoxy) is 2. The molecular weight excluding hydrogens is 204 g/mol. The van der Waals surface area contributed by atoms with E-state index in [0.29, 0.717) is 0 Å². The zero-order valence-electron chi connectivity index (χ0n) is 6.36. The molecular formula is C3H6O7Si2. The van der Waals surface area contributed by atoms with Gasteiger partial charge in [0, 0.05) is 0 Å². The van der Waals surface area contributed by atoms with Gasteiger partial charge in [0.15, 0.2) is 0 Å². The SMILES string of the molecule is O=C(O[SiH3])OC(=O)OC(=O)O[SiH3]. The van der Waals surface area contributed by atoms with Crippen LogP contribution >= 0.6 is 0 Å². The van der Waals surface area contributed by atoms with Gasteiger partial charge in [0.25, 0.3) is 0 Å². The van der Waals surface area contributed by atoms with Crippen LogP contribution in [0.2, 0.25) is 0 Å². The second kappa shape index (κ2) is 5.31. The Labute approximate surface area is 73.0 Å². The molecule has 9 heteroatoms. The van der Waals surface area contributed by atoms with E-state index in [0.717, 1.165) is 0 Å². The Bertz CT molecular complexity index is 181. The molecule has 68 valence electrons. The van der Waals surface area contributed by atoms with Crippen LogP contribution in [-0.2, 0) is 18.3 Å². The Hall–Kier alpha value is -1.36. The molecule has 0 bridgehead atoms. The number of carbonyl (C=O) groups excluding carboxylic acids is 3. The Morgan fingerprint density at radius 3 is 1.33 bits per heavy atom. The van der Waals surface area contributed by atoms with Crippen LogP contribution in [-0.4, -0.2) is 39.4 Å². The maximum Gasteiger partial charge on any atom is 0.528 e. The normalized spacial score (nSPS) is 8.67. The molecule has 0 spiro atoms. The molecule has 0 saturated heterocycles. The van der Waals surface area contributed by atoms with Crippen molar-refractivity contribution in [1.29, 1.82) is 0 Å². The minimum Gasteiger partial charge on any atom is -0.498 e. The van der Waals surface area contributed by atoms with E-state index >= 15 is 0 Å². The summed E-state index contributed by atoms with van der Waals surface area (Å²) in [7, 11) is 0.173. The van der Waals surface area contributed by atoms with Gasteiger partial charge < -0.3 is 18.3 Å². The van der Waals surface area contributed by atoms with Crippen molar-refractivity contribution in [3.63, 3.8) is 0 Å². The van der Waals surface area contributed by atoms with Crippen LogP contribution in [0.1, 0.15) is 0 Å². The fraction of sp³-hybridized carbons (Fsp3) is 0. The van der Waals surface area contributed by atoms with Gasteiger partial charge in [0.1, 0.15) is 0 Å². The summed E-state index contributed by atoms with van der Waals surface area (Å²) in [4.78, 5) is 30.8. The summed E-state index contributed by atoms with van der Waals surface area (Å²) in [5, 5.41) is 0. The van der Waals surface area contributed by atoms with Crippen LogP contribution < -0.4 is 0 Å². The van der Waals surface area contributed by atoms with Gasteiger partial charge in [-0.2, -0.15) is 0 Å². The number of hydrogen-bond acceptors (Lipinski definition) is 7. The van der Waals surface area contributed by atoms with Crippen LogP contribution in [0.4, 0.5) is 14.4 Å². The number of rotatable bonds is 0. The molecule has 0 atom stereocenters. The van der Waals surface area contributed by atoms with E-state index < -0.39 is 18.5 Å². The van der Waals surface area contributed by atoms with E-state index in [1.54, 1.807) is 0 Å². The molecule has 0 aliphatic carbocycles. The Balaban J connectivity index is 3.74. The largest absolute Gasteiger partial charge is 0.528 e. The molecule has 7 nitrogen and oxygen atoms in total. The van der Waals surface area contributed by atoms with Crippen molar-refractivity contribution in [3.05, 3.63) is 0 Å². The standard InChI is InChI=1S/C3H6O7Si2/c4-1(7-2(5)9-11)8-3(6)10-12/h11-12H3. The monoisotopic (exact) mass is 210 g/mol. The third kappa shape index (κ3) is 4.46. The average molecular weight is 210 g/mol. The second-order valence-corrected chi connectivity index (χ2v) is 2.18. The Morgan fingerprint density at radius 1 is 0.750 bits per heavy atom. The fourth-order valence-corrected chi connectivity index (χ4v) is 0.407. The highest BCUT2D eigenvalue weighted by molar-refractivity contribution is 6.06. The molecule has 0 aliphatic heterocycles. The predicted octanol–water partition coefficient (Wildman–Crippen LogP) is -2.03. The molecule has 0 unspecified atom stereocenters. The van der Waals surface area contributed by atoms with Crippen molar-refractivity contribution in [2.24, 2.45) is 0 Å². The summed E-state index contributed by atoms with van der Waals surface area (Å²) in [6.07, 6.45) is -3.86. The first kappa shape index (κ1) is 10.6. The minimum atomic E-state index is -1.46. The van der Waals surface area contributed by atoms with E-state index in [4.69, 9.17) is 0 Å². The first-order valence-corrected chi connectivity index (χ1v) is 4.29. The van der Waals surface area contributed by atoms with Gasteiger partial charge in [-0.05, 0) is 0 Å². The van der Waals surface area contributed by atoms with Gasteiger partial charge in [-0.15, -0.1) is 0 Å². The molecule has 0 heterocycles. The molecule has 0 fully saturated rings. The van der Waals surface area contributed by atoms with Gasteiger partial charge >= 0.3 is 18.5 Å². The van der Waals surface area contributed by atoms with Gasteiger partial charge in [-0.1, -0.05) is 0 Å². The summed E-state index contributed by atoms with van der Waals surface area (Å²) >= 11 is 0. The fourth-order valence-electron chi connectivity index (χ4n) is 0.240. The topological polar surface area (TPSA) is 88.1 Å². The van der Waals surface area contributed by atoms with Crippen LogP contribution in [0.25, 0.3) is 0 Å². The third-order valence-corrected chi connectivity index (χ3v) is 1.33. The number of carbonyl (C=O) groups is 3. The van der Waals surface area contributed by atoms with Crippen LogP contribution in [0, 0.1) is 0 Å². The van der Waals surface area contributed by atoms with Crippen LogP contribution in [0.15, 0.2) is 0 Å². The zero-order chi connectivity index (χ0) is 9.56. The van der Waals surface area contributed by atoms with Crippen molar-refractivity contribution in [2.75, 3.05) is 0 Å². The van der Waals surface area contributed by atoms with Crippen molar-refractivity contribution in [2.45, 2.75) is 0 Å². The summed E-state index contributed by atoms with van der Waals surface area (Å²) < 4.78 is 15.7. The first-order chi connectivity index (χ1) is 5.60. The molecule has 0 N–H and O–H groups in total. The molecule has 0 aromatic heterocycles. The lowest BCUT2D eigenvalue weighted by Crippen LogP contribution is -2.18. The summed E-state index contributed by atoms with van der Waals surface area (Å²) in [6, 6.07) is 0. The lowest BCUT2D eigenvalue weighted by atomic mass is 11.2. The van der Waals surface area contributed by atoms with Gasteiger partial charge in [-0.3, -0.25) is 0 Å². The third-order valence-electron chi connectivity index (χ3n) is 0.667. The molecule has 0 saturated carbocycles.